The highest BCUT2D eigenvalue weighted by atomic mass is 32.1. The third kappa shape index (κ3) is 18.4. The molecule has 1 heteroatoms. The summed E-state index contributed by atoms with van der Waals surface area (Å²) in [6.07, 6.45) is 20.0. The highest BCUT2D eigenvalue weighted by molar-refractivity contribution is 7.80. The molecule has 0 heterocycles. The average Bonchev–Trinajstić information content (AvgIpc) is 2.39. The molecule has 0 aromatic carbocycles. The van der Waals surface area contributed by atoms with Crippen LogP contribution in [-0.4, -0.2) is 5.75 Å². The van der Waals surface area contributed by atoms with Crippen LogP contribution >= 0.6 is 12.6 Å². The molecule has 115 valence electrons. The zero-order valence-corrected chi connectivity index (χ0v) is 14.4. The summed E-state index contributed by atoms with van der Waals surface area (Å²) in [7, 11) is 0. The Kier molecular flexibility index (Phi) is 16.7. The average molecular weight is 286 g/mol. The Morgan fingerprint density at radius 1 is 0.526 bits per heavy atom. The Bertz CT molecular complexity index is 154. The SMILES string of the molecule is CC(C)CCCCCCCCCCCCCCC[S]. The van der Waals surface area contributed by atoms with Gasteiger partial charge >= 0.3 is 0 Å². The molecule has 0 aliphatic carbocycles. The molecule has 0 aliphatic heterocycles. The summed E-state index contributed by atoms with van der Waals surface area (Å²) in [5, 5.41) is 0. The lowest BCUT2D eigenvalue weighted by atomic mass is 10.0. The van der Waals surface area contributed by atoms with Gasteiger partial charge in [0.1, 0.15) is 0 Å². The maximum atomic E-state index is 4.95. The molecule has 0 saturated heterocycles. The van der Waals surface area contributed by atoms with Crippen molar-refractivity contribution in [2.24, 2.45) is 5.92 Å². The third-order valence-electron chi connectivity index (χ3n) is 3.93. The first kappa shape index (κ1) is 19.4. The fourth-order valence-corrected chi connectivity index (χ4v) is 2.80. The summed E-state index contributed by atoms with van der Waals surface area (Å²) in [6.45, 7) is 4.66. The predicted octanol–water partition coefficient (Wildman–Crippen LogP) is 7.30. The van der Waals surface area contributed by atoms with Gasteiger partial charge in [0.25, 0.3) is 0 Å². The van der Waals surface area contributed by atoms with Crippen LogP contribution in [0.2, 0.25) is 0 Å². The number of hydrogen-bond acceptors (Lipinski definition) is 0. The van der Waals surface area contributed by atoms with Gasteiger partial charge in [-0.3, -0.25) is 0 Å². The maximum absolute atomic E-state index is 4.95. The molecule has 0 N–H and O–H groups in total. The topological polar surface area (TPSA) is 0 Å². The lowest BCUT2D eigenvalue weighted by Gasteiger charge is -2.04. The second-order valence-electron chi connectivity index (χ2n) is 6.48. The summed E-state index contributed by atoms with van der Waals surface area (Å²) in [5.41, 5.74) is 0. The fraction of sp³-hybridized carbons (Fsp3) is 1.00. The van der Waals surface area contributed by atoms with Crippen LogP contribution in [0.1, 0.15) is 104 Å². The van der Waals surface area contributed by atoms with Crippen LogP contribution in [0.25, 0.3) is 0 Å². The first-order valence-electron chi connectivity index (χ1n) is 8.85. The summed E-state index contributed by atoms with van der Waals surface area (Å²) < 4.78 is 0. The van der Waals surface area contributed by atoms with E-state index in [1.807, 2.05) is 0 Å². The summed E-state index contributed by atoms with van der Waals surface area (Å²) in [4.78, 5) is 0. The van der Waals surface area contributed by atoms with Gasteiger partial charge in [0.15, 0.2) is 0 Å². The van der Waals surface area contributed by atoms with E-state index in [0.29, 0.717) is 0 Å². The molecule has 19 heavy (non-hydrogen) atoms. The van der Waals surface area contributed by atoms with Gasteiger partial charge in [-0.1, -0.05) is 110 Å². The van der Waals surface area contributed by atoms with Gasteiger partial charge in [-0.05, 0) is 12.3 Å². The molecule has 0 spiro atoms. The van der Waals surface area contributed by atoms with Crippen molar-refractivity contribution in [1.29, 1.82) is 0 Å². The van der Waals surface area contributed by atoms with Crippen LogP contribution in [0, 0.1) is 5.92 Å². The van der Waals surface area contributed by atoms with Gasteiger partial charge in [0.05, 0.1) is 0 Å². The summed E-state index contributed by atoms with van der Waals surface area (Å²) >= 11 is 4.95. The minimum Gasteiger partial charge on any atom is -0.0942 e. The van der Waals surface area contributed by atoms with Crippen LogP contribution < -0.4 is 0 Å². The monoisotopic (exact) mass is 285 g/mol. The fourth-order valence-electron chi connectivity index (χ4n) is 2.60. The van der Waals surface area contributed by atoms with E-state index in [-0.39, 0.29) is 0 Å². The summed E-state index contributed by atoms with van der Waals surface area (Å²) in [6, 6.07) is 0. The van der Waals surface area contributed by atoms with Crippen molar-refractivity contribution in [2.75, 3.05) is 5.75 Å². The normalized spacial score (nSPS) is 11.4. The van der Waals surface area contributed by atoms with Gasteiger partial charge in [-0.2, -0.15) is 0 Å². The number of rotatable bonds is 15. The second kappa shape index (κ2) is 16.4. The molecule has 0 atom stereocenters. The quantitative estimate of drug-likeness (QED) is 0.277. The highest BCUT2D eigenvalue weighted by Crippen LogP contribution is 2.14. The Morgan fingerprint density at radius 2 is 0.842 bits per heavy atom. The third-order valence-corrected chi connectivity index (χ3v) is 4.21. The molecule has 0 rings (SSSR count). The van der Waals surface area contributed by atoms with Crippen LogP contribution in [-0.2, 0) is 0 Å². The van der Waals surface area contributed by atoms with E-state index in [4.69, 9.17) is 12.6 Å². The van der Waals surface area contributed by atoms with Crippen LogP contribution in [0.15, 0.2) is 0 Å². The molecule has 0 amide bonds. The van der Waals surface area contributed by atoms with E-state index in [0.717, 1.165) is 11.7 Å². The molecule has 1 radical (unpaired) electrons. The Balaban J connectivity index is 2.91. The Labute approximate surface area is 128 Å². The van der Waals surface area contributed by atoms with E-state index in [9.17, 15) is 0 Å². The summed E-state index contributed by atoms with van der Waals surface area (Å²) in [5.74, 6) is 1.85. The Morgan fingerprint density at radius 3 is 1.16 bits per heavy atom. The van der Waals surface area contributed by atoms with Crippen molar-refractivity contribution in [1.82, 2.24) is 0 Å². The lowest BCUT2D eigenvalue weighted by Crippen LogP contribution is -1.87. The number of hydrogen-bond donors (Lipinski definition) is 0. The molecule has 0 fully saturated rings. The molecule has 0 aromatic heterocycles. The zero-order valence-electron chi connectivity index (χ0n) is 13.6. The van der Waals surface area contributed by atoms with Crippen molar-refractivity contribution in [2.45, 2.75) is 104 Å². The van der Waals surface area contributed by atoms with Crippen molar-refractivity contribution in [3.8, 4) is 0 Å². The minimum absolute atomic E-state index is 0.895. The highest BCUT2D eigenvalue weighted by Gasteiger charge is 1.95. The molecule has 0 unspecified atom stereocenters. The molecular weight excluding hydrogens is 248 g/mol. The molecule has 0 bridgehead atoms. The van der Waals surface area contributed by atoms with Crippen molar-refractivity contribution < 1.29 is 0 Å². The second-order valence-corrected chi connectivity index (χ2v) is 6.89. The van der Waals surface area contributed by atoms with Gasteiger partial charge in [0.2, 0.25) is 0 Å². The molecule has 0 aromatic rings. The standard InChI is InChI=1S/C18H37S/c1-18(2)16-14-12-10-8-6-4-3-5-7-9-11-13-15-17-19/h18H,3-17H2,1-2H3. The molecule has 0 nitrogen and oxygen atoms in total. The first-order chi connectivity index (χ1) is 9.27. The lowest BCUT2D eigenvalue weighted by molar-refractivity contribution is 0.503. The predicted molar refractivity (Wildman–Crippen MR) is 91.9 cm³/mol. The smallest absolute Gasteiger partial charge is 0.00369 e. The van der Waals surface area contributed by atoms with Crippen molar-refractivity contribution >= 4 is 12.6 Å². The van der Waals surface area contributed by atoms with Gasteiger partial charge in [0, 0.05) is 5.75 Å². The van der Waals surface area contributed by atoms with E-state index < -0.39 is 0 Å². The molecular formula is C18H37S. The van der Waals surface area contributed by atoms with Crippen molar-refractivity contribution in [3.63, 3.8) is 0 Å². The zero-order chi connectivity index (χ0) is 14.2. The largest absolute Gasteiger partial charge is 0.0942 e. The van der Waals surface area contributed by atoms with E-state index in [1.54, 1.807) is 0 Å². The van der Waals surface area contributed by atoms with Gasteiger partial charge in [-0.25, -0.2) is 0 Å². The minimum atomic E-state index is 0.895. The van der Waals surface area contributed by atoms with Gasteiger partial charge < -0.3 is 0 Å². The van der Waals surface area contributed by atoms with Crippen LogP contribution in [0.4, 0.5) is 0 Å². The first-order valence-corrected chi connectivity index (χ1v) is 9.43. The van der Waals surface area contributed by atoms with Crippen LogP contribution in [0.3, 0.4) is 0 Å². The Hall–Kier alpha value is 0.350. The van der Waals surface area contributed by atoms with E-state index >= 15 is 0 Å². The van der Waals surface area contributed by atoms with Crippen molar-refractivity contribution in [3.05, 3.63) is 0 Å². The molecule has 0 saturated carbocycles. The maximum Gasteiger partial charge on any atom is 0.00369 e. The van der Waals surface area contributed by atoms with E-state index in [1.165, 1.54) is 89.9 Å². The van der Waals surface area contributed by atoms with Gasteiger partial charge in [-0.15, -0.1) is 0 Å². The number of unbranched alkanes of at least 4 members (excludes halogenated alkanes) is 12. The molecule has 0 aliphatic rings. The van der Waals surface area contributed by atoms with E-state index in [2.05, 4.69) is 13.8 Å². The van der Waals surface area contributed by atoms with Crippen LogP contribution in [0.5, 0.6) is 0 Å².